The Morgan fingerprint density at radius 3 is 2.79 bits per heavy atom. The van der Waals surface area contributed by atoms with Crippen LogP contribution in [0.15, 0.2) is 65.5 Å². The highest BCUT2D eigenvalue weighted by Crippen LogP contribution is 2.32. The van der Waals surface area contributed by atoms with E-state index in [-0.39, 0.29) is 11.3 Å². The second-order valence-corrected chi connectivity index (χ2v) is 7.45. The van der Waals surface area contributed by atoms with Gasteiger partial charge in [-0.15, -0.1) is 0 Å². The van der Waals surface area contributed by atoms with Crippen molar-refractivity contribution in [2.45, 2.75) is 26.4 Å². The predicted molar refractivity (Wildman–Crippen MR) is 111 cm³/mol. The lowest BCUT2D eigenvalue weighted by Gasteiger charge is -2.20. The molecule has 0 fully saturated rings. The Balaban J connectivity index is 1.54. The third kappa shape index (κ3) is 3.63. The number of carbonyl (C=O) groups excluding carboxylic acids is 1. The normalized spacial score (nSPS) is 16.9. The molecule has 0 aliphatic heterocycles. The Bertz CT molecular complexity index is 1140. The van der Waals surface area contributed by atoms with Gasteiger partial charge >= 0.3 is 0 Å². The van der Waals surface area contributed by atoms with Crippen molar-refractivity contribution in [2.75, 3.05) is 0 Å². The summed E-state index contributed by atoms with van der Waals surface area (Å²) in [5.41, 5.74) is 4.07. The Labute approximate surface area is 164 Å². The van der Waals surface area contributed by atoms with Gasteiger partial charge in [0.2, 0.25) is 0 Å². The number of fused-ring (bicyclic) bond motifs is 1. The average Bonchev–Trinajstić information content (AvgIpc) is 2.71. The first-order valence-corrected chi connectivity index (χ1v) is 9.57. The van der Waals surface area contributed by atoms with Crippen molar-refractivity contribution in [1.82, 2.24) is 4.57 Å². The SMILES string of the molecule is CC1CCC(=O)C=C1c1cccc(OCc2ccc3c(ccc(=O)n3C)c2)c1. The summed E-state index contributed by atoms with van der Waals surface area (Å²) >= 11 is 0. The van der Waals surface area contributed by atoms with Crippen molar-refractivity contribution in [3.63, 3.8) is 0 Å². The van der Waals surface area contributed by atoms with Gasteiger partial charge in [-0.3, -0.25) is 9.59 Å². The van der Waals surface area contributed by atoms with Gasteiger partial charge in [-0.1, -0.05) is 25.1 Å². The molecule has 0 N–H and O–H groups in total. The Hall–Kier alpha value is -3.14. The number of aromatic nitrogens is 1. The smallest absolute Gasteiger partial charge is 0.250 e. The van der Waals surface area contributed by atoms with Gasteiger partial charge in [0, 0.05) is 19.5 Å². The zero-order chi connectivity index (χ0) is 19.7. The molecule has 1 aliphatic rings. The second kappa shape index (κ2) is 7.47. The molecule has 4 heteroatoms. The number of nitrogens with zero attached hydrogens (tertiary/aromatic N) is 1. The lowest BCUT2D eigenvalue weighted by atomic mass is 9.84. The molecule has 28 heavy (non-hydrogen) atoms. The van der Waals surface area contributed by atoms with E-state index in [0.29, 0.717) is 18.9 Å². The minimum Gasteiger partial charge on any atom is -0.489 e. The van der Waals surface area contributed by atoms with Gasteiger partial charge in [-0.05, 0) is 70.8 Å². The molecular formula is C24H23NO3. The lowest BCUT2D eigenvalue weighted by molar-refractivity contribution is -0.115. The van der Waals surface area contributed by atoms with Crippen molar-refractivity contribution in [2.24, 2.45) is 13.0 Å². The van der Waals surface area contributed by atoms with Gasteiger partial charge in [0.25, 0.3) is 5.56 Å². The maximum Gasteiger partial charge on any atom is 0.250 e. The molecule has 1 atom stereocenters. The minimum atomic E-state index is -0.0157. The topological polar surface area (TPSA) is 48.3 Å². The maximum absolute atomic E-state index is 11.8. The van der Waals surface area contributed by atoms with Crippen LogP contribution in [-0.2, 0) is 18.4 Å². The largest absolute Gasteiger partial charge is 0.489 e. The van der Waals surface area contributed by atoms with E-state index in [4.69, 9.17) is 4.74 Å². The standard InChI is InChI=1S/C24H23NO3/c1-16-6-9-20(26)14-22(16)18-4-3-5-21(13-18)28-15-17-7-10-23-19(12-17)8-11-24(27)25(23)2/h3-5,7-8,10-14,16H,6,9,15H2,1-2H3. The molecule has 2 aromatic carbocycles. The van der Waals surface area contributed by atoms with Gasteiger partial charge in [0.15, 0.2) is 5.78 Å². The fraction of sp³-hybridized carbons (Fsp3) is 0.250. The van der Waals surface area contributed by atoms with E-state index in [2.05, 4.69) is 6.92 Å². The summed E-state index contributed by atoms with van der Waals surface area (Å²) in [4.78, 5) is 23.6. The maximum atomic E-state index is 11.8. The minimum absolute atomic E-state index is 0.0157. The number of hydrogen-bond acceptors (Lipinski definition) is 3. The summed E-state index contributed by atoms with van der Waals surface area (Å²) in [5, 5.41) is 1.01. The van der Waals surface area contributed by atoms with Gasteiger partial charge in [0.1, 0.15) is 12.4 Å². The van der Waals surface area contributed by atoms with Crippen molar-refractivity contribution < 1.29 is 9.53 Å². The monoisotopic (exact) mass is 373 g/mol. The third-order valence-corrected chi connectivity index (χ3v) is 5.43. The van der Waals surface area contributed by atoms with E-state index in [9.17, 15) is 9.59 Å². The zero-order valence-corrected chi connectivity index (χ0v) is 16.1. The van der Waals surface area contributed by atoms with Gasteiger partial charge in [-0.2, -0.15) is 0 Å². The highest BCUT2D eigenvalue weighted by molar-refractivity contribution is 5.98. The van der Waals surface area contributed by atoms with Gasteiger partial charge in [-0.25, -0.2) is 0 Å². The number of pyridine rings is 1. The number of aryl methyl sites for hydroxylation is 1. The fourth-order valence-electron chi connectivity index (χ4n) is 3.73. The number of benzene rings is 2. The molecule has 1 unspecified atom stereocenters. The van der Waals surface area contributed by atoms with Crippen LogP contribution in [0.2, 0.25) is 0 Å². The van der Waals surface area contributed by atoms with Crippen molar-refractivity contribution >= 4 is 22.3 Å². The van der Waals surface area contributed by atoms with E-state index in [1.807, 2.05) is 48.5 Å². The molecule has 0 saturated heterocycles. The summed E-state index contributed by atoms with van der Waals surface area (Å²) in [5.74, 6) is 1.36. The summed E-state index contributed by atoms with van der Waals surface area (Å²) < 4.78 is 7.65. The van der Waals surface area contributed by atoms with E-state index in [1.165, 1.54) is 0 Å². The molecule has 0 spiro atoms. The number of rotatable bonds is 4. The average molecular weight is 373 g/mol. The van der Waals surface area contributed by atoms with Gasteiger partial charge < -0.3 is 9.30 Å². The first kappa shape index (κ1) is 18.2. The fourth-order valence-corrected chi connectivity index (χ4v) is 3.73. The quantitative estimate of drug-likeness (QED) is 0.676. The van der Waals surface area contributed by atoms with Crippen LogP contribution in [0.1, 0.15) is 30.9 Å². The molecule has 0 saturated carbocycles. The molecule has 1 aliphatic carbocycles. The van der Waals surface area contributed by atoms with Crippen LogP contribution >= 0.6 is 0 Å². The van der Waals surface area contributed by atoms with Crippen molar-refractivity contribution in [3.8, 4) is 5.75 Å². The Kier molecular flexibility index (Phi) is 4.86. The summed E-state index contributed by atoms with van der Waals surface area (Å²) in [7, 11) is 1.78. The number of carbonyl (C=O) groups is 1. The molecule has 4 rings (SSSR count). The molecule has 142 valence electrons. The Morgan fingerprint density at radius 2 is 1.93 bits per heavy atom. The van der Waals surface area contributed by atoms with E-state index in [0.717, 1.165) is 39.8 Å². The highest BCUT2D eigenvalue weighted by Gasteiger charge is 2.19. The van der Waals surface area contributed by atoms with Crippen LogP contribution < -0.4 is 10.3 Å². The van der Waals surface area contributed by atoms with E-state index >= 15 is 0 Å². The Morgan fingerprint density at radius 1 is 1.07 bits per heavy atom. The van der Waals surface area contributed by atoms with Crippen LogP contribution in [0, 0.1) is 5.92 Å². The molecule has 0 amide bonds. The van der Waals surface area contributed by atoms with Crippen LogP contribution in [0.25, 0.3) is 16.5 Å². The van der Waals surface area contributed by atoms with Crippen LogP contribution in [0.5, 0.6) is 5.75 Å². The number of ether oxygens (including phenoxy) is 1. The molecule has 1 heterocycles. The molecule has 4 nitrogen and oxygen atoms in total. The third-order valence-electron chi connectivity index (χ3n) is 5.43. The summed E-state index contributed by atoms with van der Waals surface area (Å²) in [6.45, 7) is 2.60. The zero-order valence-electron chi connectivity index (χ0n) is 16.1. The summed E-state index contributed by atoms with van der Waals surface area (Å²) in [6.07, 6.45) is 3.31. The van der Waals surface area contributed by atoms with Gasteiger partial charge in [0.05, 0.1) is 5.52 Å². The molecule has 3 aromatic rings. The number of allylic oxidation sites excluding steroid dienone is 2. The van der Waals surface area contributed by atoms with E-state index in [1.54, 1.807) is 23.8 Å². The lowest BCUT2D eigenvalue weighted by Crippen LogP contribution is -2.15. The second-order valence-electron chi connectivity index (χ2n) is 7.45. The highest BCUT2D eigenvalue weighted by atomic mass is 16.5. The number of hydrogen-bond donors (Lipinski definition) is 0. The molecule has 0 radical (unpaired) electrons. The van der Waals surface area contributed by atoms with Crippen molar-refractivity contribution in [1.29, 1.82) is 0 Å². The molecule has 0 bridgehead atoms. The predicted octanol–water partition coefficient (Wildman–Crippen LogP) is 4.50. The van der Waals surface area contributed by atoms with Crippen LogP contribution in [-0.4, -0.2) is 10.4 Å². The number of ketones is 1. The van der Waals surface area contributed by atoms with Crippen LogP contribution in [0.4, 0.5) is 0 Å². The summed E-state index contributed by atoms with van der Waals surface area (Å²) in [6, 6.07) is 17.3. The van der Waals surface area contributed by atoms with Crippen LogP contribution in [0.3, 0.4) is 0 Å². The first-order chi connectivity index (χ1) is 13.5. The first-order valence-electron chi connectivity index (χ1n) is 9.57. The van der Waals surface area contributed by atoms with Crippen molar-refractivity contribution in [3.05, 3.63) is 82.2 Å². The molecular weight excluding hydrogens is 350 g/mol. The van der Waals surface area contributed by atoms with E-state index < -0.39 is 0 Å². The molecule has 1 aromatic heterocycles.